The summed E-state index contributed by atoms with van der Waals surface area (Å²) in [7, 11) is 0. The molecule has 3 aromatic rings. The first-order valence-electron chi connectivity index (χ1n) is 23.5. The van der Waals surface area contributed by atoms with Crippen LogP contribution in [0.15, 0.2) is 173 Å². The first-order valence-corrected chi connectivity index (χ1v) is 23.5. The molecule has 0 heteroatoms. The lowest BCUT2D eigenvalue weighted by atomic mass is 9.75. The van der Waals surface area contributed by atoms with Crippen molar-refractivity contribution in [3.05, 3.63) is 218 Å². The second-order valence-corrected chi connectivity index (χ2v) is 18.8. The Morgan fingerprint density at radius 2 is 1.42 bits per heavy atom. The molecular formula is C62H64. The maximum atomic E-state index is 2.59. The lowest BCUT2D eigenvalue weighted by molar-refractivity contribution is 0.657. The molecule has 4 unspecified atom stereocenters. The van der Waals surface area contributed by atoms with Crippen LogP contribution in [0.3, 0.4) is 0 Å². The third-order valence-corrected chi connectivity index (χ3v) is 14.4. The van der Waals surface area contributed by atoms with E-state index >= 15 is 0 Å². The van der Waals surface area contributed by atoms with Crippen molar-refractivity contribution >= 4 is 29.4 Å². The number of allylic oxidation sites excluding steroid dienone is 23. The monoisotopic (exact) mass is 809 g/mol. The molecule has 4 atom stereocenters. The Balaban J connectivity index is 0.000000243. The summed E-state index contributed by atoms with van der Waals surface area (Å²) in [6.45, 7) is 18.0. The van der Waals surface area contributed by atoms with Gasteiger partial charge < -0.3 is 0 Å². The largest absolute Gasteiger partial charge is 0.0805 e. The van der Waals surface area contributed by atoms with Gasteiger partial charge in [-0.25, -0.2) is 0 Å². The van der Waals surface area contributed by atoms with Gasteiger partial charge in [0.15, 0.2) is 0 Å². The molecule has 0 spiro atoms. The highest BCUT2D eigenvalue weighted by molar-refractivity contribution is 5.96. The molecule has 0 aliphatic heterocycles. The molecule has 11 rings (SSSR count). The molecule has 8 aliphatic rings. The predicted octanol–water partition coefficient (Wildman–Crippen LogP) is 17.2. The molecule has 0 aromatic heterocycles. The van der Waals surface area contributed by atoms with Crippen molar-refractivity contribution in [3.8, 4) is 11.1 Å². The Kier molecular flexibility index (Phi) is 11.6. The van der Waals surface area contributed by atoms with Crippen molar-refractivity contribution in [2.45, 2.75) is 98.8 Å². The van der Waals surface area contributed by atoms with Crippen LogP contribution in [-0.2, 0) is 5.41 Å². The van der Waals surface area contributed by atoms with E-state index in [0.717, 1.165) is 25.2 Å². The molecule has 0 bridgehead atoms. The van der Waals surface area contributed by atoms with Crippen LogP contribution in [0.1, 0.15) is 138 Å². The van der Waals surface area contributed by atoms with E-state index in [9.17, 15) is 0 Å². The Bertz CT molecular complexity index is 2720. The van der Waals surface area contributed by atoms with E-state index in [0.29, 0.717) is 17.8 Å². The van der Waals surface area contributed by atoms with Gasteiger partial charge >= 0.3 is 0 Å². The summed E-state index contributed by atoms with van der Waals surface area (Å²) in [6, 6.07) is 18.3. The normalized spacial score (nSPS) is 24.1. The molecule has 8 aliphatic carbocycles. The van der Waals surface area contributed by atoms with E-state index in [4.69, 9.17) is 0 Å². The van der Waals surface area contributed by atoms with Gasteiger partial charge in [0.1, 0.15) is 0 Å². The average molecular weight is 809 g/mol. The fraction of sp³-hybridized carbons (Fsp3) is 0.290. The summed E-state index contributed by atoms with van der Waals surface area (Å²) < 4.78 is 0. The molecule has 62 heavy (non-hydrogen) atoms. The predicted molar refractivity (Wildman–Crippen MR) is 271 cm³/mol. The smallest absolute Gasteiger partial charge is 0.0165 e. The van der Waals surface area contributed by atoms with E-state index in [2.05, 4.69) is 199 Å². The van der Waals surface area contributed by atoms with E-state index < -0.39 is 0 Å². The fourth-order valence-corrected chi connectivity index (χ4v) is 11.1. The Morgan fingerprint density at radius 3 is 2.23 bits per heavy atom. The third-order valence-electron chi connectivity index (χ3n) is 14.4. The van der Waals surface area contributed by atoms with Gasteiger partial charge in [-0.2, -0.15) is 0 Å². The van der Waals surface area contributed by atoms with E-state index in [1.54, 1.807) is 22.3 Å². The molecule has 0 radical (unpaired) electrons. The van der Waals surface area contributed by atoms with Gasteiger partial charge in [-0.1, -0.05) is 180 Å². The zero-order valence-electron chi connectivity index (χ0n) is 38.4. The highest BCUT2D eigenvalue weighted by Crippen LogP contribution is 2.63. The molecule has 3 aromatic carbocycles. The molecule has 0 amide bonds. The van der Waals surface area contributed by atoms with Gasteiger partial charge in [0.25, 0.3) is 0 Å². The van der Waals surface area contributed by atoms with Crippen molar-refractivity contribution in [2.75, 3.05) is 0 Å². The zero-order chi connectivity index (χ0) is 43.1. The summed E-state index contributed by atoms with van der Waals surface area (Å²) in [5.74, 6) is 2.69. The fourth-order valence-electron chi connectivity index (χ4n) is 11.1. The Labute approximate surface area is 373 Å². The Hall–Kier alpha value is -5.72. The topological polar surface area (TPSA) is 0 Å². The molecule has 0 saturated heterocycles. The number of hydrogen-bond donors (Lipinski definition) is 0. The van der Waals surface area contributed by atoms with E-state index in [1.807, 2.05) is 13.8 Å². The van der Waals surface area contributed by atoms with Crippen LogP contribution in [0.2, 0.25) is 0 Å². The lowest BCUT2D eigenvalue weighted by Crippen LogP contribution is -2.18. The standard InChI is InChI=1S/C45H42.C15H16.C2H6/c1-26(29-12-8-6-9-13-29)16-17-27(2)36-22-28(3)41(39-25-38(36)39)31-19-21-35-40(24-31)45(4,5)44-34-15-11-7-10-14-32(34)33-20-18-30-23-37(30)42(33)43(35)44;1-13-9-5-4-8-12-15(13)14-10-6-2-3-7-11-14;1-2/h6,8-22,24,30,37-39H,7,23,25H2,1-5H3;2-3,5-10,12H,4,11H2,1H3;1-2H3/b26-16+,27-17+;;. The van der Waals surface area contributed by atoms with Crippen molar-refractivity contribution in [2.24, 2.45) is 17.8 Å². The molecule has 2 fully saturated rings. The van der Waals surface area contributed by atoms with Gasteiger partial charge in [-0.15, -0.1) is 0 Å². The maximum Gasteiger partial charge on any atom is 0.0165 e. The lowest BCUT2D eigenvalue weighted by Gasteiger charge is -2.28. The van der Waals surface area contributed by atoms with E-state index in [-0.39, 0.29) is 5.41 Å². The maximum absolute atomic E-state index is 2.59. The highest BCUT2D eigenvalue weighted by atomic mass is 14.5. The summed E-state index contributed by atoms with van der Waals surface area (Å²) >= 11 is 0. The van der Waals surface area contributed by atoms with Crippen molar-refractivity contribution in [1.82, 2.24) is 0 Å². The van der Waals surface area contributed by atoms with Crippen molar-refractivity contribution in [1.29, 1.82) is 0 Å². The van der Waals surface area contributed by atoms with Crippen LogP contribution in [0.25, 0.3) is 40.5 Å². The summed E-state index contributed by atoms with van der Waals surface area (Å²) in [6.07, 6.45) is 46.9. The minimum atomic E-state index is -0.0385. The minimum Gasteiger partial charge on any atom is -0.0805 e. The van der Waals surface area contributed by atoms with Gasteiger partial charge in [0.2, 0.25) is 0 Å². The van der Waals surface area contributed by atoms with E-state index in [1.165, 1.54) is 90.8 Å². The third kappa shape index (κ3) is 7.61. The average Bonchev–Trinajstić information content (AvgIpc) is 4.20. The van der Waals surface area contributed by atoms with Crippen LogP contribution >= 0.6 is 0 Å². The molecule has 0 heterocycles. The first kappa shape index (κ1) is 41.6. The van der Waals surface area contributed by atoms with Crippen LogP contribution in [0.5, 0.6) is 0 Å². The van der Waals surface area contributed by atoms with Gasteiger partial charge in [0.05, 0.1) is 0 Å². The molecule has 2 saturated carbocycles. The van der Waals surface area contributed by atoms with Crippen LogP contribution in [0.4, 0.5) is 0 Å². The summed E-state index contributed by atoms with van der Waals surface area (Å²) in [4.78, 5) is 0. The van der Waals surface area contributed by atoms with Crippen molar-refractivity contribution < 1.29 is 0 Å². The van der Waals surface area contributed by atoms with Crippen LogP contribution in [-0.4, -0.2) is 0 Å². The molecular weight excluding hydrogens is 745 g/mol. The van der Waals surface area contributed by atoms with Crippen molar-refractivity contribution in [3.63, 3.8) is 0 Å². The molecule has 0 nitrogen and oxygen atoms in total. The number of benzene rings is 3. The second kappa shape index (κ2) is 17.2. The van der Waals surface area contributed by atoms with Gasteiger partial charge in [0, 0.05) is 5.41 Å². The van der Waals surface area contributed by atoms with Crippen LogP contribution in [0, 0.1) is 17.8 Å². The van der Waals surface area contributed by atoms with Crippen LogP contribution < -0.4 is 0 Å². The van der Waals surface area contributed by atoms with Gasteiger partial charge in [-0.3, -0.25) is 0 Å². The minimum absolute atomic E-state index is 0.0385. The first-order chi connectivity index (χ1) is 30.2. The highest BCUT2D eigenvalue weighted by Gasteiger charge is 2.49. The number of hydrogen-bond acceptors (Lipinski definition) is 0. The summed E-state index contributed by atoms with van der Waals surface area (Å²) in [5.41, 5.74) is 26.3. The van der Waals surface area contributed by atoms with Gasteiger partial charge in [-0.05, 0) is 190 Å². The molecule has 0 N–H and O–H groups in total. The zero-order valence-corrected chi connectivity index (χ0v) is 38.4. The SMILES string of the molecule is CC.CC1=C(C2=CC=CC=CC2)C=CCC=C1.CC1=C(c2ccc3c(c2)C(C)(C)c2c4c(c5c(c2-3)C2CC2C=C5)C=CCC=C4)C2CC2C(/C(C)=C/C=C(\C)c2ccccc2)=C1. The quantitative estimate of drug-likeness (QED) is 0.225. The Morgan fingerprint density at radius 1 is 0.677 bits per heavy atom. The second-order valence-electron chi connectivity index (χ2n) is 18.8. The molecule has 312 valence electrons. The number of rotatable bonds is 5. The summed E-state index contributed by atoms with van der Waals surface area (Å²) in [5, 5.41) is 0. The number of fused-ring (bicyclic) bond motifs is 11.